The summed E-state index contributed by atoms with van der Waals surface area (Å²) in [7, 11) is 1.47. The van der Waals surface area contributed by atoms with Crippen LogP contribution in [0.5, 0.6) is 5.75 Å². The van der Waals surface area contributed by atoms with Crippen LogP contribution in [0.25, 0.3) is 22.3 Å². The van der Waals surface area contributed by atoms with Crippen molar-refractivity contribution in [3.63, 3.8) is 0 Å². The van der Waals surface area contributed by atoms with Crippen molar-refractivity contribution >= 4 is 40.0 Å². The van der Waals surface area contributed by atoms with E-state index in [-0.39, 0.29) is 30.3 Å². The number of fused-ring (bicyclic) bond motifs is 1. The van der Waals surface area contributed by atoms with Crippen molar-refractivity contribution < 1.29 is 19.1 Å². The first-order chi connectivity index (χ1) is 16.6. The number of piperazine rings is 1. The lowest BCUT2D eigenvalue weighted by Crippen LogP contribution is -2.52. The summed E-state index contributed by atoms with van der Waals surface area (Å²) >= 11 is 1.10. The second-order valence-corrected chi connectivity index (χ2v) is 8.03. The number of nitrogens with zero attached hydrogens (tertiary/aromatic N) is 7. The van der Waals surface area contributed by atoms with Gasteiger partial charge in [0.25, 0.3) is 17.6 Å². The topological polar surface area (TPSA) is 147 Å². The maximum absolute atomic E-state index is 13.2. The van der Waals surface area contributed by atoms with Gasteiger partial charge in [0, 0.05) is 50.1 Å². The Morgan fingerprint density at radius 2 is 1.85 bits per heavy atom. The number of amides is 2. The molecule has 12 nitrogen and oxygen atoms in total. The average Bonchev–Trinajstić information content (AvgIpc) is 3.58. The third kappa shape index (κ3) is 3.75. The first-order valence-corrected chi connectivity index (χ1v) is 11.1. The van der Waals surface area contributed by atoms with Crippen LogP contribution in [0, 0.1) is 0 Å². The highest BCUT2D eigenvalue weighted by Crippen LogP contribution is 2.34. The Labute approximate surface area is 196 Å². The van der Waals surface area contributed by atoms with E-state index in [9.17, 15) is 14.4 Å². The SMILES string of the molecule is COc1cnc(-c2cnccn2)c2[nH]cc(C(=O)C(=O)N3CCN(C(=O)c4csnn4)CC3)c12. The number of H-pyrrole nitrogens is 1. The van der Waals surface area contributed by atoms with Crippen molar-refractivity contribution in [2.75, 3.05) is 33.3 Å². The lowest BCUT2D eigenvalue weighted by Gasteiger charge is -2.33. The highest BCUT2D eigenvalue weighted by Gasteiger charge is 2.31. The molecule has 0 unspecified atom stereocenters. The molecule has 0 bridgehead atoms. The van der Waals surface area contributed by atoms with Gasteiger partial charge in [0.05, 0.1) is 36.0 Å². The predicted octanol–water partition coefficient (Wildman–Crippen LogP) is 1.05. The number of methoxy groups -OCH3 is 1. The number of aromatic amines is 1. The predicted molar refractivity (Wildman–Crippen MR) is 120 cm³/mol. The molecule has 0 radical (unpaired) electrons. The maximum Gasteiger partial charge on any atom is 0.295 e. The second kappa shape index (κ2) is 8.94. The van der Waals surface area contributed by atoms with Crippen molar-refractivity contribution in [1.29, 1.82) is 0 Å². The highest BCUT2D eigenvalue weighted by molar-refractivity contribution is 7.03. The largest absolute Gasteiger partial charge is 0.494 e. The molecule has 1 aliphatic heterocycles. The molecule has 4 aromatic rings. The molecular weight excluding hydrogens is 460 g/mol. The van der Waals surface area contributed by atoms with E-state index in [1.54, 1.807) is 28.9 Å². The Morgan fingerprint density at radius 1 is 1.06 bits per heavy atom. The number of pyridine rings is 1. The molecule has 4 aromatic heterocycles. The zero-order chi connectivity index (χ0) is 23.7. The fourth-order valence-corrected chi connectivity index (χ4v) is 4.29. The van der Waals surface area contributed by atoms with Gasteiger partial charge in [0.1, 0.15) is 17.1 Å². The fraction of sp³-hybridized carbons (Fsp3) is 0.238. The van der Waals surface area contributed by atoms with Crippen LogP contribution in [0.4, 0.5) is 0 Å². The molecule has 5 rings (SSSR count). The summed E-state index contributed by atoms with van der Waals surface area (Å²) in [5, 5.41) is 5.82. The van der Waals surface area contributed by atoms with Crippen LogP contribution >= 0.6 is 11.5 Å². The van der Waals surface area contributed by atoms with Crippen molar-refractivity contribution in [3.8, 4) is 17.1 Å². The minimum absolute atomic E-state index is 0.177. The van der Waals surface area contributed by atoms with Gasteiger partial charge in [-0.15, -0.1) is 5.10 Å². The lowest BCUT2D eigenvalue weighted by atomic mass is 10.1. The standard InChI is InChI=1S/C21H18N8O4S/c1-33-15-10-25-17(13-9-22-2-3-23-13)18-16(15)12(8-24-18)19(30)21(32)29-6-4-28(5-7-29)20(31)14-11-34-27-26-14/h2-3,8-11,24H,4-7H2,1H3. The van der Waals surface area contributed by atoms with Gasteiger partial charge < -0.3 is 19.5 Å². The van der Waals surface area contributed by atoms with Crippen LogP contribution in [0.2, 0.25) is 0 Å². The number of Topliss-reactive ketones (excluding diaryl/α,β-unsaturated/α-hetero) is 1. The number of hydrogen-bond acceptors (Lipinski definition) is 10. The molecule has 1 fully saturated rings. The molecule has 0 spiro atoms. The summed E-state index contributed by atoms with van der Waals surface area (Å²) < 4.78 is 9.13. The molecule has 0 saturated carbocycles. The van der Waals surface area contributed by atoms with Crippen molar-refractivity contribution in [1.82, 2.24) is 39.3 Å². The first kappa shape index (κ1) is 21.6. The van der Waals surface area contributed by atoms with Gasteiger partial charge in [0.15, 0.2) is 5.69 Å². The number of hydrogen-bond donors (Lipinski definition) is 1. The summed E-state index contributed by atoms with van der Waals surface area (Å²) in [6.45, 7) is 1.07. The highest BCUT2D eigenvalue weighted by atomic mass is 32.1. The number of aromatic nitrogens is 6. The fourth-order valence-electron chi connectivity index (χ4n) is 3.86. The molecule has 0 aromatic carbocycles. The van der Waals surface area contributed by atoms with Gasteiger partial charge in [-0.05, 0) is 11.5 Å². The van der Waals surface area contributed by atoms with E-state index in [1.807, 2.05) is 0 Å². The van der Waals surface area contributed by atoms with Crippen LogP contribution < -0.4 is 4.74 Å². The summed E-state index contributed by atoms with van der Waals surface area (Å²) in [6, 6.07) is 0. The van der Waals surface area contributed by atoms with Crippen molar-refractivity contribution in [2.45, 2.75) is 0 Å². The van der Waals surface area contributed by atoms with Gasteiger partial charge >= 0.3 is 0 Å². The number of carbonyl (C=O) groups is 3. The van der Waals surface area contributed by atoms with Gasteiger partial charge in [0.2, 0.25) is 0 Å². The molecule has 5 heterocycles. The van der Waals surface area contributed by atoms with Crippen LogP contribution in [0.15, 0.2) is 36.4 Å². The van der Waals surface area contributed by atoms with E-state index >= 15 is 0 Å². The molecule has 1 aliphatic rings. The first-order valence-electron chi connectivity index (χ1n) is 10.3. The van der Waals surface area contributed by atoms with Crippen LogP contribution in [-0.4, -0.2) is 90.2 Å². The molecule has 1 N–H and O–H groups in total. The van der Waals surface area contributed by atoms with E-state index in [1.165, 1.54) is 24.4 Å². The summed E-state index contributed by atoms with van der Waals surface area (Å²) in [5.41, 5.74) is 1.97. The minimum Gasteiger partial charge on any atom is -0.494 e. The van der Waals surface area contributed by atoms with Crippen LogP contribution in [0.1, 0.15) is 20.8 Å². The number of ketones is 1. The van der Waals surface area contributed by atoms with E-state index in [2.05, 4.69) is 29.5 Å². The van der Waals surface area contributed by atoms with E-state index in [0.717, 1.165) is 11.5 Å². The molecular formula is C21H18N8O4S. The third-order valence-electron chi connectivity index (χ3n) is 5.57. The summed E-state index contributed by atoms with van der Waals surface area (Å²) in [5.74, 6) is -1.21. The summed E-state index contributed by atoms with van der Waals surface area (Å²) in [4.78, 5) is 57.5. The van der Waals surface area contributed by atoms with E-state index < -0.39 is 11.7 Å². The second-order valence-electron chi connectivity index (χ2n) is 7.42. The molecule has 0 aliphatic carbocycles. The molecule has 172 valence electrons. The third-order valence-corrected chi connectivity index (χ3v) is 6.08. The minimum atomic E-state index is -0.677. The lowest BCUT2D eigenvalue weighted by molar-refractivity contribution is -0.127. The zero-order valence-corrected chi connectivity index (χ0v) is 18.8. The van der Waals surface area contributed by atoms with Crippen LogP contribution in [-0.2, 0) is 4.79 Å². The Balaban J connectivity index is 1.38. The Hall–Kier alpha value is -4.26. The molecule has 1 saturated heterocycles. The quantitative estimate of drug-likeness (QED) is 0.328. The Bertz CT molecular complexity index is 1360. The number of ether oxygens (including phenoxy) is 1. The molecule has 13 heteroatoms. The number of carbonyl (C=O) groups excluding carboxylic acids is 3. The smallest absolute Gasteiger partial charge is 0.295 e. The molecule has 0 atom stereocenters. The van der Waals surface area contributed by atoms with Gasteiger partial charge in [-0.2, -0.15) is 0 Å². The van der Waals surface area contributed by atoms with Gasteiger partial charge in [-0.3, -0.25) is 24.4 Å². The number of rotatable bonds is 5. The van der Waals surface area contributed by atoms with Gasteiger partial charge in [-0.1, -0.05) is 4.49 Å². The normalized spacial score (nSPS) is 13.8. The van der Waals surface area contributed by atoms with E-state index in [0.29, 0.717) is 41.1 Å². The van der Waals surface area contributed by atoms with Crippen molar-refractivity contribution in [2.24, 2.45) is 0 Å². The zero-order valence-electron chi connectivity index (χ0n) is 18.0. The van der Waals surface area contributed by atoms with Gasteiger partial charge in [-0.25, -0.2) is 4.98 Å². The van der Waals surface area contributed by atoms with E-state index in [4.69, 9.17) is 4.74 Å². The molecule has 2 amide bonds. The summed E-state index contributed by atoms with van der Waals surface area (Å²) in [6.07, 6.45) is 7.61. The van der Waals surface area contributed by atoms with Crippen LogP contribution in [0.3, 0.4) is 0 Å². The number of nitrogens with one attached hydrogen (secondary N) is 1. The maximum atomic E-state index is 13.2. The Kier molecular flexibility index (Phi) is 5.67. The average molecular weight is 478 g/mol. The Morgan fingerprint density at radius 3 is 2.53 bits per heavy atom. The monoisotopic (exact) mass is 478 g/mol. The van der Waals surface area contributed by atoms with Crippen molar-refractivity contribution in [3.05, 3.63) is 47.6 Å². The molecule has 34 heavy (non-hydrogen) atoms.